The predicted octanol–water partition coefficient (Wildman–Crippen LogP) is 4.88. The molecular weight excluding hydrogens is 346 g/mol. The van der Waals surface area contributed by atoms with Crippen molar-refractivity contribution in [1.82, 2.24) is 15.1 Å². The molecule has 4 aromatic rings. The van der Waals surface area contributed by atoms with Crippen molar-refractivity contribution < 1.29 is 4.79 Å². The number of hydrogen-bond donors (Lipinski definition) is 0. The molecule has 0 atom stereocenters. The third-order valence-corrected chi connectivity index (χ3v) is 4.82. The predicted molar refractivity (Wildman–Crippen MR) is 112 cm³/mol. The van der Waals surface area contributed by atoms with E-state index in [1.807, 2.05) is 92.8 Å². The van der Waals surface area contributed by atoms with Gasteiger partial charge in [0.25, 0.3) is 5.91 Å². The molecule has 0 saturated heterocycles. The summed E-state index contributed by atoms with van der Waals surface area (Å²) in [5.74, 6) is -0.0643. The zero-order valence-corrected chi connectivity index (χ0v) is 16.0. The van der Waals surface area contributed by atoms with Crippen LogP contribution < -0.4 is 0 Å². The summed E-state index contributed by atoms with van der Waals surface area (Å²) in [6.45, 7) is 2.57. The fourth-order valence-corrected chi connectivity index (χ4v) is 3.30. The summed E-state index contributed by atoms with van der Waals surface area (Å²) >= 11 is 0. The van der Waals surface area contributed by atoms with Crippen LogP contribution >= 0.6 is 0 Å². The Labute approximate surface area is 164 Å². The van der Waals surface area contributed by atoms with Crippen molar-refractivity contribution >= 4 is 16.8 Å². The maximum atomic E-state index is 13.5. The first-order chi connectivity index (χ1) is 13.6. The number of rotatable bonds is 4. The monoisotopic (exact) mass is 367 g/mol. The normalized spacial score (nSPS) is 10.8. The summed E-state index contributed by atoms with van der Waals surface area (Å²) in [6.07, 6.45) is 0. The fourth-order valence-electron chi connectivity index (χ4n) is 3.30. The minimum Gasteiger partial charge on any atom is -0.337 e. The topological polar surface area (TPSA) is 46.1 Å². The Morgan fingerprint density at radius 3 is 2.29 bits per heavy atom. The number of aryl methyl sites for hydroxylation is 1. The van der Waals surface area contributed by atoms with E-state index < -0.39 is 0 Å². The molecule has 138 valence electrons. The number of fused-ring (bicyclic) bond motifs is 1. The highest BCUT2D eigenvalue weighted by Gasteiger charge is 2.22. The number of carbonyl (C=O) groups excluding carboxylic acids is 1. The molecule has 0 aliphatic heterocycles. The van der Waals surface area contributed by atoms with Crippen LogP contribution in [0.4, 0.5) is 0 Å². The molecule has 0 aliphatic carbocycles. The first-order valence-electron chi connectivity index (χ1n) is 9.25. The minimum atomic E-state index is -0.0643. The lowest BCUT2D eigenvalue weighted by Gasteiger charge is -2.20. The molecule has 0 aliphatic rings. The fraction of sp³-hybridized carbons (Fsp3) is 0.125. The zero-order chi connectivity index (χ0) is 19.5. The van der Waals surface area contributed by atoms with Gasteiger partial charge in [0, 0.05) is 24.5 Å². The van der Waals surface area contributed by atoms with Crippen LogP contribution in [0.1, 0.15) is 21.5 Å². The first kappa shape index (κ1) is 17.9. The Morgan fingerprint density at radius 1 is 0.857 bits per heavy atom. The Kier molecular flexibility index (Phi) is 4.85. The van der Waals surface area contributed by atoms with Crippen molar-refractivity contribution in [3.63, 3.8) is 0 Å². The summed E-state index contributed by atoms with van der Waals surface area (Å²) < 4.78 is 0. The van der Waals surface area contributed by atoms with Gasteiger partial charge in [-0.05, 0) is 18.6 Å². The maximum Gasteiger partial charge on any atom is 0.256 e. The van der Waals surface area contributed by atoms with Crippen molar-refractivity contribution in [3.8, 4) is 11.3 Å². The van der Waals surface area contributed by atoms with Gasteiger partial charge in [-0.3, -0.25) is 4.79 Å². The lowest BCUT2D eigenvalue weighted by Crippen LogP contribution is -2.27. The Balaban J connectivity index is 1.82. The van der Waals surface area contributed by atoms with Crippen LogP contribution in [0, 0.1) is 6.92 Å². The molecule has 0 bridgehead atoms. The van der Waals surface area contributed by atoms with Crippen molar-refractivity contribution in [3.05, 3.63) is 95.6 Å². The highest BCUT2D eigenvalue weighted by molar-refractivity contribution is 6.10. The first-order valence-corrected chi connectivity index (χ1v) is 9.25. The van der Waals surface area contributed by atoms with Gasteiger partial charge >= 0.3 is 0 Å². The molecule has 1 heterocycles. The van der Waals surface area contributed by atoms with Gasteiger partial charge in [-0.15, -0.1) is 10.2 Å². The van der Waals surface area contributed by atoms with E-state index >= 15 is 0 Å². The second kappa shape index (κ2) is 7.61. The Bertz CT molecular complexity index is 1120. The molecule has 1 amide bonds. The lowest BCUT2D eigenvalue weighted by molar-refractivity contribution is 0.0787. The number of amides is 1. The zero-order valence-electron chi connectivity index (χ0n) is 16.0. The SMILES string of the molecule is Cc1ccc(-c2nnc3ccccc3c2C(=O)N(C)Cc2ccccc2)cc1. The van der Waals surface area contributed by atoms with Gasteiger partial charge in [0.05, 0.1) is 11.1 Å². The summed E-state index contributed by atoms with van der Waals surface area (Å²) in [4.78, 5) is 15.2. The van der Waals surface area contributed by atoms with E-state index in [2.05, 4.69) is 10.2 Å². The molecule has 4 nitrogen and oxygen atoms in total. The molecule has 0 radical (unpaired) electrons. The van der Waals surface area contributed by atoms with Crippen LogP contribution in [0.15, 0.2) is 78.9 Å². The van der Waals surface area contributed by atoms with Crippen LogP contribution in [-0.4, -0.2) is 28.1 Å². The van der Waals surface area contributed by atoms with Crippen LogP contribution in [-0.2, 0) is 6.54 Å². The van der Waals surface area contributed by atoms with E-state index in [1.54, 1.807) is 4.90 Å². The second-order valence-electron chi connectivity index (χ2n) is 6.95. The molecule has 4 rings (SSSR count). The molecule has 0 fully saturated rings. The summed E-state index contributed by atoms with van der Waals surface area (Å²) in [7, 11) is 1.82. The third kappa shape index (κ3) is 3.49. The second-order valence-corrected chi connectivity index (χ2v) is 6.95. The van der Waals surface area contributed by atoms with E-state index in [0.717, 1.165) is 27.6 Å². The molecule has 0 spiro atoms. The number of carbonyl (C=O) groups is 1. The van der Waals surface area contributed by atoms with Crippen LogP contribution in [0.25, 0.3) is 22.2 Å². The number of nitrogens with zero attached hydrogens (tertiary/aromatic N) is 3. The average Bonchev–Trinajstić information content (AvgIpc) is 2.74. The van der Waals surface area contributed by atoms with Crippen molar-refractivity contribution in [2.24, 2.45) is 0 Å². The highest BCUT2D eigenvalue weighted by Crippen LogP contribution is 2.28. The van der Waals surface area contributed by atoms with Gasteiger partial charge in [-0.1, -0.05) is 78.4 Å². The van der Waals surface area contributed by atoms with E-state index in [4.69, 9.17) is 0 Å². The van der Waals surface area contributed by atoms with Crippen molar-refractivity contribution in [1.29, 1.82) is 0 Å². The molecule has 28 heavy (non-hydrogen) atoms. The molecule has 0 saturated carbocycles. The molecule has 1 aromatic heterocycles. The van der Waals surface area contributed by atoms with Crippen LogP contribution in [0.2, 0.25) is 0 Å². The van der Waals surface area contributed by atoms with E-state index in [-0.39, 0.29) is 5.91 Å². The van der Waals surface area contributed by atoms with E-state index in [9.17, 15) is 4.79 Å². The number of aromatic nitrogens is 2. The van der Waals surface area contributed by atoms with Gasteiger partial charge in [-0.2, -0.15) is 0 Å². The molecule has 4 heteroatoms. The van der Waals surface area contributed by atoms with E-state index in [1.165, 1.54) is 0 Å². The van der Waals surface area contributed by atoms with Gasteiger partial charge in [-0.25, -0.2) is 0 Å². The Hall–Kier alpha value is -3.53. The highest BCUT2D eigenvalue weighted by atomic mass is 16.2. The molecule has 0 N–H and O–H groups in total. The van der Waals surface area contributed by atoms with Crippen LogP contribution in [0.3, 0.4) is 0 Å². The largest absolute Gasteiger partial charge is 0.337 e. The van der Waals surface area contributed by atoms with Crippen molar-refractivity contribution in [2.45, 2.75) is 13.5 Å². The third-order valence-electron chi connectivity index (χ3n) is 4.82. The standard InChI is InChI=1S/C24H21N3O/c1-17-12-14-19(15-13-17)23-22(20-10-6-7-11-21(20)25-26-23)24(28)27(2)16-18-8-4-3-5-9-18/h3-15H,16H2,1-2H3. The quantitative estimate of drug-likeness (QED) is 0.516. The van der Waals surface area contributed by atoms with Crippen molar-refractivity contribution in [2.75, 3.05) is 7.05 Å². The number of benzene rings is 3. The summed E-state index contributed by atoms with van der Waals surface area (Å²) in [6, 6.07) is 25.7. The number of hydrogen-bond acceptors (Lipinski definition) is 3. The van der Waals surface area contributed by atoms with Crippen LogP contribution in [0.5, 0.6) is 0 Å². The molecule has 3 aromatic carbocycles. The summed E-state index contributed by atoms with van der Waals surface area (Å²) in [5, 5.41) is 9.58. The minimum absolute atomic E-state index is 0.0643. The maximum absolute atomic E-state index is 13.5. The van der Waals surface area contributed by atoms with Gasteiger partial charge in [0.2, 0.25) is 0 Å². The van der Waals surface area contributed by atoms with Gasteiger partial charge in [0.15, 0.2) is 0 Å². The van der Waals surface area contributed by atoms with E-state index in [0.29, 0.717) is 17.8 Å². The molecule has 0 unspecified atom stereocenters. The lowest BCUT2D eigenvalue weighted by atomic mass is 10.00. The smallest absolute Gasteiger partial charge is 0.256 e. The average molecular weight is 367 g/mol. The van der Waals surface area contributed by atoms with Gasteiger partial charge in [0.1, 0.15) is 5.69 Å². The Morgan fingerprint density at radius 2 is 1.54 bits per heavy atom. The summed E-state index contributed by atoms with van der Waals surface area (Å²) in [5.41, 5.74) is 5.06. The van der Waals surface area contributed by atoms with Gasteiger partial charge < -0.3 is 4.90 Å². The molecular formula is C24H21N3O.